The Kier molecular flexibility index (Phi) is 6.00. The van der Waals surface area contributed by atoms with Crippen molar-refractivity contribution in [3.8, 4) is 17.0 Å². The summed E-state index contributed by atoms with van der Waals surface area (Å²) < 4.78 is 8.00. The molecule has 0 amide bonds. The minimum atomic E-state index is 0.280. The number of nitrogens with zero attached hydrogens (tertiary/aromatic N) is 3. The second-order valence-electron chi connectivity index (χ2n) is 7.98. The Hall–Kier alpha value is -2.60. The van der Waals surface area contributed by atoms with Crippen LogP contribution in [0.1, 0.15) is 57.2 Å². The van der Waals surface area contributed by atoms with Crippen LogP contribution in [0.5, 0.6) is 5.75 Å². The number of hydrogen-bond acceptors (Lipinski definition) is 5. The molecule has 4 rings (SSSR count). The number of nitrogen functional groups attached to an aromatic ring is 1. The monoisotopic (exact) mass is 394 g/mol. The molecule has 0 spiro atoms. The van der Waals surface area contributed by atoms with Gasteiger partial charge in [0.2, 0.25) is 0 Å². The van der Waals surface area contributed by atoms with Crippen LogP contribution in [-0.2, 0) is 0 Å². The molecule has 1 aliphatic rings. The van der Waals surface area contributed by atoms with Crippen LogP contribution in [0.3, 0.4) is 0 Å². The van der Waals surface area contributed by atoms with Crippen molar-refractivity contribution >= 4 is 11.3 Å². The molecule has 2 aromatic heterocycles. The van der Waals surface area contributed by atoms with E-state index in [0.717, 1.165) is 66.9 Å². The topological polar surface area (TPSA) is 85.7 Å². The van der Waals surface area contributed by atoms with Gasteiger partial charge in [-0.2, -0.15) is 0 Å². The van der Waals surface area contributed by atoms with Crippen molar-refractivity contribution in [2.45, 2.75) is 51.4 Å². The number of aliphatic hydroxyl groups is 1. The van der Waals surface area contributed by atoms with Crippen LogP contribution in [0.2, 0.25) is 0 Å². The van der Waals surface area contributed by atoms with E-state index in [1.807, 2.05) is 30.5 Å². The summed E-state index contributed by atoms with van der Waals surface area (Å²) in [4.78, 5) is 9.37. The first kappa shape index (κ1) is 19.7. The van der Waals surface area contributed by atoms with Gasteiger partial charge in [-0.25, -0.2) is 9.97 Å². The molecular weight excluding hydrogens is 364 g/mol. The minimum absolute atomic E-state index is 0.280. The maximum Gasteiger partial charge on any atom is 0.150 e. The fourth-order valence-corrected chi connectivity index (χ4v) is 4.25. The van der Waals surface area contributed by atoms with Gasteiger partial charge in [-0.1, -0.05) is 25.5 Å². The van der Waals surface area contributed by atoms with E-state index in [-0.39, 0.29) is 6.61 Å². The number of ether oxygens (including phenoxy) is 1. The van der Waals surface area contributed by atoms with Crippen LogP contribution in [0.4, 0.5) is 5.82 Å². The number of aromatic nitrogens is 3. The molecule has 3 aromatic rings. The van der Waals surface area contributed by atoms with Crippen LogP contribution < -0.4 is 10.5 Å². The molecule has 1 saturated carbocycles. The highest BCUT2D eigenvalue weighted by Gasteiger charge is 2.27. The van der Waals surface area contributed by atoms with Crippen LogP contribution >= 0.6 is 0 Å². The lowest BCUT2D eigenvalue weighted by molar-refractivity contribution is 0.181. The van der Waals surface area contributed by atoms with Gasteiger partial charge in [-0.3, -0.25) is 4.40 Å². The third-order valence-corrected chi connectivity index (χ3v) is 5.95. The summed E-state index contributed by atoms with van der Waals surface area (Å²) in [5, 5.41) is 9.45. The third-order valence-electron chi connectivity index (χ3n) is 5.95. The molecule has 6 nitrogen and oxygen atoms in total. The minimum Gasteiger partial charge on any atom is -0.494 e. The van der Waals surface area contributed by atoms with E-state index in [1.165, 1.54) is 0 Å². The quantitative estimate of drug-likeness (QED) is 0.579. The molecular formula is C23H30N4O2. The third kappa shape index (κ3) is 4.08. The van der Waals surface area contributed by atoms with Crippen molar-refractivity contribution in [3.63, 3.8) is 0 Å². The average molecular weight is 395 g/mol. The predicted octanol–water partition coefficient (Wildman–Crippen LogP) is 4.42. The highest BCUT2D eigenvalue weighted by Crippen LogP contribution is 2.38. The molecule has 3 N–H and O–H groups in total. The van der Waals surface area contributed by atoms with Gasteiger partial charge in [0.25, 0.3) is 0 Å². The Balaban J connectivity index is 1.71. The molecule has 0 unspecified atom stereocenters. The Morgan fingerprint density at radius 2 is 2.07 bits per heavy atom. The van der Waals surface area contributed by atoms with Crippen LogP contribution in [0.25, 0.3) is 16.8 Å². The highest BCUT2D eigenvalue weighted by molar-refractivity contribution is 5.85. The summed E-state index contributed by atoms with van der Waals surface area (Å²) >= 11 is 0. The number of rotatable bonds is 7. The van der Waals surface area contributed by atoms with Gasteiger partial charge in [-0.05, 0) is 50.2 Å². The van der Waals surface area contributed by atoms with Crippen molar-refractivity contribution in [1.29, 1.82) is 0 Å². The van der Waals surface area contributed by atoms with E-state index in [1.54, 1.807) is 6.20 Å². The zero-order valence-corrected chi connectivity index (χ0v) is 17.1. The number of imidazole rings is 1. The van der Waals surface area contributed by atoms with E-state index in [2.05, 4.69) is 16.3 Å². The fourth-order valence-electron chi connectivity index (χ4n) is 4.25. The number of fused-ring (bicyclic) bond motifs is 1. The Bertz CT molecular complexity index is 961. The molecule has 0 saturated heterocycles. The lowest BCUT2D eigenvalue weighted by Crippen LogP contribution is -2.17. The number of aliphatic hydroxyl groups excluding tert-OH is 1. The van der Waals surface area contributed by atoms with E-state index in [0.29, 0.717) is 24.3 Å². The maximum absolute atomic E-state index is 9.45. The Morgan fingerprint density at radius 3 is 2.83 bits per heavy atom. The van der Waals surface area contributed by atoms with Crippen LogP contribution in [-0.4, -0.2) is 32.7 Å². The smallest absolute Gasteiger partial charge is 0.150 e. The predicted molar refractivity (Wildman–Crippen MR) is 115 cm³/mol. The Morgan fingerprint density at radius 1 is 1.24 bits per heavy atom. The summed E-state index contributed by atoms with van der Waals surface area (Å²) in [6.07, 6.45) is 9.97. The number of unbranched alkanes of at least 4 members (excludes halogenated alkanes) is 1. The second kappa shape index (κ2) is 8.82. The number of anilines is 1. The standard InChI is InChI=1S/C23H30N4O2/c1-2-3-13-29-19-6-4-5-18(14-19)20-21-22(24)25-11-12-27(21)23(26-20)17-9-7-16(15-28)8-10-17/h4-6,11-12,14,16-17,28H,2-3,7-10,13,15H2,1H3,(H2,24,25)/t16-,17-. The molecule has 0 radical (unpaired) electrons. The summed E-state index contributed by atoms with van der Waals surface area (Å²) in [6, 6.07) is 8.07. The van der Waals surface area contributed by atoms with E-state index in [4.69, 9.17) is 15.5 Å². The average Bonchev–Trinajstić information content (AvgIpc) is 3.15. The number of nitrogens with two attached hydrogens (primary N) is 1. The molecule has 1 aliphatic carbocycles. The van der Waals surface area contributed by atoms with Gasteiger partial charge in [0, 0.05) is 30.5 Å². The van der Waals surface area contributed by atoms with Gasteiger partial charge in [0.15, 0.2) is 0 Å². The zero-order chi connectivity index (χ0) is 20.2. The molecule has 1 fully saturated rings. The summed E-state index contributed by atoms with van der Waals surface area (Å²) in [6.45, 7) is 3.15. The maximum atomic E-state index is 9.45. The lowest BCUT2D eigenvalue weighted by atomic mass is 9.82. The molecule has 2 heterocycles. The van der Waals surface area contributed by atoms with Gasteiger partial charge in [0.05, 0.1) is 6.61 Å². The normalized spacial score (nSPS) is 19.5. The molecule has 0 bridgehead atoms. The van der Waals surface area contributed by atoms with Crippen molar-refractivity contribution in [2.75, 3.05) is 18.9 Å². The fraction of sp³-hybridized carbons (Fsp3) is 0.478. The van der Waals surface area contributed by atoms with E-state index < -0.39 is 0 Å². The summed E-state index contributed by atoms with van der Waals surface area (Å²) in [7, 11) is 0. The van der Waals surface area contributed by atoms with Crippen molar-refractivity contribution < 1.29 is 9.84 Å². The SMILES string of the molecule is CCCCOc1cccc(-c2nc([C@H]3CC[C@H](CO)CC3)n3ccnc(N)c23)c1. The molecule has 154 valence electrons. The number of hydrogen-bond donors (Lipinski definition) is 2. The molecule has 29 heavy (non-hydrogen) atoms. The first-order valence-electron chi connectivity index (χ1n) is 10.7. The van der Waals surface area contributed by atoms with Crippen LogP contribution in [0, 0.1) is 5.92 Å². The molecule has 1 aromatic carbocycles. The van der Waals surface area contributed by atoms with Gasteiger partial charge < -0.3 is 15.6 Å². The first-order valence-corrected chi connectivity index (χ1v) is 10.7. The number of benzene rings is 1. The largest absolute Gasteiger partial charge is 0.494 e. The van der Waals surface area contributed by atoms with E-state index in [9.17, 15) is 5.11 Å². The zero-order valence-electron chi connectivity index (χ0n) is 17.1. The molecule has 0 aliphatic heterocycles. The van der Waals surface area contributed by atoms with Crippen molar-refractivity contribution in [2.24, 2.45) is 5.92 Å². The van der Waals surface area contributed by atoms with Gasteiger partial charge >= 0.3 is 0 Å². The van der Waals surface area contributed by atoms with Crippen LogP contribution in [0.15, 0.2) is 36.7 Å². The summed E-state index contributed by atoms with van der Waals surface area (Å²) in [5.41, 5.74) is 8.99. The molecule has 6 heteroatoms. The highest BCUT2D eigenvalue weighted by atomic mass is 16.5. The summed E-state index contributed by atoms with van der Waals surface area (Å²) in [5.74, 6) is 3.16. The van der Waals surface area contributed by atoms with Crippen molar-refractivity contribution in [1.82, 2.24) is 14.4 Å². The Labute approximate surface area is 171 Å². The second-order valence-corrected chi connectivity index (χ2v) is 7.98. The molecule has 0 atom stereocenters. The van der Waals surface area contributed by atoms with Crippen molar-refractivity contribution in [3.05, 3.63) is 42.5 Å². The lowest BCUT2D eigenvalue weighted by Gasteiger charge is -2.26. The van der Waals surface area contributed by atoms with Gasteiger partial charge in [-0.15, -0.1) is 0 Å². The first-order chi connectivity index (χ1) is 14.2. The van der Waals surface area contributed by atoms with Gasteiger partial charge in [0.1, 0.15) is 28.6 Å². The van der Waals surface area contributed by atoms with E-state index >= 15 is 0 Å².